The van der Waals surface area contributed by atoms with E-state index in [1.54, 1.807) is 12.3 Å². The van der Waals surface area contributed by atoms with E-state index in [0.717, 1.165) is 56.3 Å². The summed E-state index contributed by atoms with van der Waals surface area (Å²) in [5, 5.41) is 1.12. The van der Waals surface area contributed by atoms with Crippen LogP contribution in [0.25, 0.3) is 0 Å². The SMILES string of the molecule is O=C(C1CCN(c2ncc(Cl)cc2Cl)CC1)N1CCSCC1. The van der Waals surface area contributed by atoms with Crippen LogP contribution in [0.4, 0.5) is 5.82 Å². The van der Waals surface area contributed by atoms with Crippen molar-refractivity contribution in [2.24, 2.45) is 5.92 Å². The van der Waals surface area contributed by atoms with Crippen LogP contribution in [-0.4, -0.2) is 53.5 Å². The van der Waals surface area contributed by atoms with Crippen molar-refractivity contribution < 1.29 is 4.79 Å². The maximum Gasteiger partial charge on any atom is 0.225 e. The van der Waals surface area contributed by atoms with E-state index in [0.29, 0.717) is 16.0 Å². The lowest BCUT2D eigenvalue weighted by Crippen LogP contribution is -2.45. The van der Waals surface area contributed by atoms with Gasteiger partial charge in [-0.2, -0.15) is 11.8 Å². The highest BCUT2D eigenvalue weighted by atomic mass is 35.5. The third-order valence-electron chi connectivity index (χ3n) is 4.25. The molecule has 4 nitrogen and oxygen atoms in total. The number of hydrogen-bond acceptors (Lipinski definition) is 4. The van der Waals surface area contributed by atoms with Crippen molar-refractivity contribution >= 4 is 46.7 Å². The van der Waals surface area contributed by atoms with Gasteiger partial charge in [-0.25, -0.2) is 4.98 Å². The summed E-state index contributed by atoms with van der Waals surface area (Å²) in [6, 6.07) is 1.72. The number of piperidine rings is 1. The first-order valence-electron chi connectivity index (χ1n) is 7.57. The summed E-state index contributed by atoms with van der Waals surface area (Å²) in [6.07, 6.45) is 3.34. The summed E-state index contributed by atoms with van der Waals surface area (Å²) in [4.78, 5) is 21.1. The first-order chi connectivity index (χ1) is 10.6. The fourth-order valence-electron chi connectivity index (χ4n) is 3.02. The summed E-state index contributed by atoms with van der Waals surface area (Å²) in [5.74, 6) is 3.37. The lowest BCUT2D eigenvalue weighted by atomic mass is 9.95. The molecular formula is C15H19Cl2N3OS. The molecule has 22 heavy (non-hydrogen) atoms. The van der Waals surface area contributed by atoms with Crippen molar-refractivity contribution in [3.63, 3.8) is 0 Å². The van der Waals surface area contributed by atoms with Crippen LogP contribution < -0.4 is 4.90 Å². The minimum Gasteiger partial charge on any atom is -0.355 e. The normalized spacial score (nSPS) is 20.3. The molecule has 0 unspecified atom stereocenters. The van der Waals surface area contributed by atoms with Crippen LogP contribution in [0.3, 0.4) is 0 Å². The number of anilines is 1. The van der Waals surface area contributed by atoms with Crippen molar-refractivity contribution in [3.05, 3.63) is 22.3 Å². The van der Waals surface area contributed by atoms with Crippen molar-refractivity contribution in [1.82, 2.24) is 9.88 Å². The quantitative estimate of drug-likeness (QED) is 0.812. The van der Waals surface area contributed by atoms with E-state index in [1.165, 1.54) is 0 Å². The van der Waals surface area contributed by atoms with Crippen molar-refractivity contribution in [3.8, 4) is 0 Å². The Morgan fingerprint density at radius 1 is 1.18 bits per heavy atom. The van der Waals surface area contributed by atoms with Gasteiger partial charge in [0.15, 0.2) is 0 Å². The fraction of sp³-hybridized carbons (Fsp3) is 0.600. The van der Waals surface area contributed by atoms with E-state index >= 15 is 0 Å². The molecule has 2 saturated heterocycles. The molecule has 1 aromatic rings. The minimum atomic E-state index is 0.144. The first-order valence-corrected chi connectivity index (χ1v) is 9.49. The summed E-state index contributed by atoms with van der Waals surface area (Å²) < 4.78 is 0. The first kappa shape index (κ1) is 16.2. The van der Waals surface area contributed by atoms with Crippen LogP contribution in [0.5, 0.6) is 0 Å². The molecule has 0 bridgehead atoms. The highest BCUT2D eigenvalue weighted by molar-refractivity contribution is 7.99. The molecule has 2 aliphatic heterocycles. The van der Waals surface area contributed by atoms with Crippen LogP contribution in [0.2, 0.25) is 10.0 Å². The second-order valence-electron chi connectivity index (χ2n) is 5.66. The van der Waals surface area contributed by atoms with Gasteiger partial charge in [-0.1, -0.05) is 23.2 Å². The van der Waals surface area contributed by atoms with Gasteiger partial charge in [0.1, 0.15) is 5.82 Å². The van der Waals surface area contributed by atoms with Crippen LogP contribution >= 0.6 is 35.0 Å². The van der Waals surface area contributed by atoms with E-state index in [1.807, 2.05) is 16.7 Å². The van der Waals surface area contributed by atoms with Gasteiger partial charge in [-0.05, 0) is 18.9 Å². The Morgan fingerprint density at radius 2 is 1.86 bits per heavy atom. The number of pyridine rings is 1. The standard InChI is InChI=1S/C15H19Cl2N3OS/c16-12-9-13(17)14(18-10-12)19-3-1-11(2-4-19)15(21)20-5-7-22-8-6-20/h9-11H,1-8H2. The molecule has 0 spiro atoms. The predicted molar refractivity (Wildman–Crippen MR) is 93.1 cm³/mol. The Kier molecular flexibility index (Phi) is 5.37. The second kappa shape index (κ2) is 7.28. The summed E-state index contributed by atoms with van der Waals surface area (Å²) in [6.45, 7) is 3.42. The van der Waals surface area contributed by atoms with E-state index in [2.05, 4.69) is 9.88 Å². The van der Waals surface area contributed by atoms with Crippen molar-refractivity contribution in [2.75, 3.05) is 42.6 Å². The molecule has 3 heterocycles. The minimum absolute atomic E-state index is 0.144. The molecule has 2 fully saturated rings. The molecule has 1 amide bonds. The van der Waals surface area contributed by atoms with Gasteiger partial charge in [0, 0.05) is 49.8 Å². The number of amides is 1. The molecular weight excluding hydrogens is 341 g/mol. The number of halogens is 2. The van der Waals surface area contributed by atoms with Crippen LogP contribution in [0.15, 0.2) is 12.3 Å². The van der Waals surface area contributed by atoms with Crippen molar-refractivity contribution in [2.45, 2.75) is 12.8 Å². The van der Waals surface area contributed by atoms with E-state index < -0.39 is 0 Å². The highest BCUT2D eigenvalue weighted by Gasteiger charge is 2.30. The molecule has 120 valence electrons. The molecule has 7 heteroatoms. The van der Waals surface area contributed by atoms with Crippen molar-refractivity contribution in [1.29, 1.82) is 0 Å². The monoisotopic (exact) mass is 359 g/mol. The molecule has 0 aromatic carbocycles. The lowest BCUT2D eigenvalue weighted by Gasteiger charge is -2.36. The summed E-state index contributed by atoms with van der Waals surface area (Å²) >= 11 is 14.0. The topological polar surface area (TPSA) is 36.4 Å². The van der Waals surface area contributed by atoms with E-state index in [-0.39, 0.29) is 5.92 Å². The van der Waals surface area contributed by atoms with E-state index in [9.17, 15) is 4.79 Å². The average Bonchev–Trinajstić information content (AvgIpc) is 2.55. The van der Waals surface area contributed by atoms with Gasteiger partial charge in [0.2, 0.25) is 5.91 Å². The average molecular weight is 360 g/mol. The molecule has 0 atom stereocenters. The smallest absolute Gasteiger partial charge is 0.225 e. The maximum atomic E-state index is 12.5. The third-order valence-corrected chi connectivity index (χ3v) is 5.68. The Hall–Kier alpha value is -0.650. The summed E-state index contributed by atoms with van der Waals surface area (Å²) in [7, 11) is 0. The Balaban J connectivity index is 1.59. The van der Waals surface area contributed by atoms with Gasteiger partial charge in [0.25, 0.3) is 0 Å². The number of aromatic nitrogens is 1. The number of hydrogen-bond donors (Lipinski definition) is 0. The number of rotatable bonds is 2. The maximum absolute atomic E-state index is 12.5. The van der Waals surface area contributed by atoms with Gasteiger partial charge in [0.05, 0.1) is 10.0 Å². The molecule has 2 aliphatic rings. The highest BCUT2D eigenvalue weighted by Crippen LogP contribution is 2.30. The van der Waals surface area contributed by atoms with Crippen LogP contribution in [-0.2, 0) is 4.79 Å². The van der Waals surface area contributed by atoms with Gasteiger partial charge >= 0.3 is 0 Å². The van der Waals surface area contributed by atoms with Crippen LogP contribution in [0, 0.1) is 5.92 Å². The molecule has 1 aromatic heterocycles. The molecule has 0 saturated carbocycles. The van der Waals surface area contributed by atoms with Gasteiger partial charge < -0.3 is 9.80 Å². The summed E-state index contributed by atoms with van der Waals surface area (Å²) in [5.41, 5.74) is 0. The molecule has 0 radical (unpaired) electrons. The zero-order valence-corrected chi connectivity index (χ0v) is 14.6. The Morgan fingerprint density at radius 3 is 2.50 bits per heavy atom. The van der Waals surface area contributed by atoms with E-state index in [4.69, 9.17) is 23.2 Å². The molecule has 3 rings (SSSR count). The van der Waals surface area contributed by atoms with Gasteiger partial charge in [-0.3, -0.25) is 4.79 Å². The number of thioether (sulfide) groups is 1. The Labute approximate surface area is 145 Å². The molecule has 0 aliphatic carbocycles. The largest absolute Gasteiger partial charge is 0.355 e. The Bertz CT molecular complexity index is 544. The predicted octanol–water partition coefficient (Wildman–Crippen LogP) is 3.18. The van der Waals surface area contributed by atoms with Crippen LogP contribution in [0.1, 0.15) is 12.8 Å². The fourth-order valence-corrected chi connectivity index (χ4v) is 4.42. The zero-order chi connectivity index (χ0) is 15.5. The number of nitrogens with zero attached hydrogens (tertiary/aromatic N) is 3. The third kappa shape index (κ3) is 3.63. The van der Waals surface area contributed by atoms with Gasteiger partial charge in [-0.15, -0.1) is 0 Å². The lowest BCUT2D eigenvalue weighted by molar-refractivity contribution is -0.135. The zero-order valence-electron chi connectivity index (χ0n) is 12.3. The molecule has 0 N–H and O–H groups in total. The second-order valence-corrected chi connectivity index (χ2v) is 7.73. The number of carbonyl (C=O) groups excluding carboxylic acids is 1. The number of carbonyl (C=O) groups is 1.